The van der Waals surface area contributed by atoms with Gasteiger partial charge in [0.1, 0.15) is 6.61 Å². The molecule has 84 valence electrons. The summed E-state index contributed by atoms with van der Waals surface area (Å²) in [4.78, 5) is 4.58. The van der Waals surface area contributed by atoms with Crippen LogP contribution in [0.5, 0.6) is 0 Å². The molecule has 0 aliphatic rings. The molecule has 0 saturated carbocycles. The van der Waals surface area contributed by atoms with Crippen LogP contribution in [0.25, 0.3) is 0 Å². The van der Waals surface area contributed by atoms with Crippen molar-refractivity contribution in [1.29, 1.82) is 0 Å². The van der Waals surface area contributed by atoms with Crippen molar-refractivity contribution in [2.45, 2.75) is 6.61 Å². The Morgan fingerprint density at radius 1 is 1.13 bits per heavy atom. The molecule has 0 amide bonds. The minimum Gasteiger partial charge on any atom is -0.222 e. The van der Waals surface area contributed by atoms with Gasteiger partial charge in [0.15, 0.2) is 0 Å². The summed E-state index contributed by atoms with van der Waals surface area (Å²) in [6, 6.07) is 9.05. The van der Waals surface area contributed by atoms with Gasteiger partial charge in [0.2, 0.25) is 0 Å². The van der Waals surface area contributed by atoms with Gasteiger partial charge in [-0.3, -0.25) is 0 Å². The lowest BCUT2D eigenvalue weighted by Gasteiger charge is -2.08. The highest BCUT2D eigenvalue weighted by atomic mass is 35.5. The monoisotopic (exact) mass is 272 g/mol. The predicted molar refractivity (Wildman–Crippen MR) is 53.8 cm³/mol. The second kappa shape index (κ2) is 6.45. The highest BCUT2D eigenvalue weighted by Crippen LogP contribution is 2.52. The van der Waals surface area contributed by atoms with Gasteiger partial charge in [-0.2, -0.15) is 8.15 Å². The summed E-state index contributed by atoms with van der Waals surface area (Å²) in [5.74, 6) is 0. The van der Waals surface area contributed by atoms with Crippen LogP contribution < -0.4 is 0 Å². The molecule has 1 rings (SSSR count). The van der Waals surface area contributed by atoms with Crippen LogP contribution in [0.3, 0.4) is 0 Å². The van der Waals surface area contributed by atoms with Gasteiger partial charge >= 0.3 is 7.82 Å². The first-order chi connectivity index (χ1) is 7.20. The van der Waals surface area contributed by atoms with Gasteiger partial charge in [0, 0.05) is 0 Å². The van der Waals surface area contributed by atoms with E-state index >= 15 is 0 Å². The summed E-state index contributed by atoms with van der Waals surface area (Å²) < 4.78 is 23.1. The molecule has 15 heavy (non-hydrogen) atoms. The number of benzene rings is 1. The second-order valence-corrected chi connectivity index (χ2v) is 4.56. The summed E-state index contributed by atoms with van der Waals surface area (Å²) >= 11 is 9.63. The Bertz CT molecular complexity index is 325. The van der Waals surface area contributed by atoms with E-state index in [0.717, 1.165) is 5.56 Å². The van der Waals surface area contributed by atoms with Crippen molar-refractivity contribution in [2.75, 3.05) is 0 Å². The van der Waals surface area contributed by atoms with E-state index < -0.39 is 7.82 Å². The molecule has 0 radical (unpaired) electrons. The smallest absolute Gasteiger partial charge is 0.222 e. The van der Waals surface area contributed by atoms with Gasteiger partial charge in [0.25, 0.3) is 0 Å². The molecule has 0 spiro atoms. The molecule has 0 unspecified atom stereocenters. The maximum Gasteiger partial charge on any atom is 0.535 e. The third kappa shape index (κ3) is 4.49. The predicted octanol–water partition coefficient (Wildman–Crippen LogP) is 3.58. The number of halogens is 2. The fourth-order valence-corrected chi connectivity index (χ4v) is 1.41. The second-order valence-electron chi connectivity index (χ2n) is 2.41. The number of phosphoric acid groups is 1. The molecule has 5 nitrogen and oxygen atoms in total. The van der Waals surface area contributed by atoms with Gasteiger partial charge < -0.3 is 0 Å². The van der Waals surface area contributed by atoms with Crippen molar-refractivity contribution < 1.29 is 22.3 Å². The summed E-state index contributed by atoms with van der Waals surface area (Å²) in [5, 5.41) is 0. The van der Waals surface area contributed by atoms with Crippen LogP contribution >= 0.6 is 31.6 Å². The number of rotatable bonds is 6. The van der Waals surface area contributed by atoms with Gasteiger partial charge in [0.05, 0.1) is 23.7 Å². The molecule has 8 heteroatoms. The lowest BCUT2D eigenvalue weighted by molar-refractivity contribution is -0.229. The van der Waals surface area contributed by atoms with Gasteiger partial charge in [-0.25, -0.2) is 9.45 Å². The van der Waals surface area contributed by atoms with Crippen LogP contribution in [0.2, 0.25) is 0 Å². The highest BCUT2D eigenvalue weighted by molar-refractivity contribution is 7.50. The third-order valence-electron chi connectivity index (χ3n) is 1.38. The topological polar surface area (TPSA) is 54.0 Å². The van der Waals surface area contributed by atoms with E-state index in [1.807, 2.05) is 18.2 Å². The third-order valence-corrected chi connectivity index (χ3v) is 3.02. The van der Waals surface area contributed by atoms with Crippen molar-refractivity contribution in [3.8, 4) is 0 Å². The standard InChI is InChI=1S/C7H7Cl2O5P/c8-12-15(10,13-9)14-11-6-7-4-2-1-3-5-7/h1-5H,6H2. The zero-order chi connectivity index (χ0) is 11.1. The Hall–Kier alpha value is -0.130. The Kier molecular flexibility index (Phi) is 5.56. The van der Waals surface area contributed by atoms with Crippen LogP contribution in [0, 0.1) is 0 Å². The molecule has 0 N–H and O–H groups in total. The maximum atomic E-state index is 11.1. The Labute approximate surface area is 96.7 Å². The molecule has 0 aliphatic heterocycles. The van der Waals surface area contributed by atoms with Crippen molar-refractivity contribution in [1.82, 2.24) is 0 Å². The fourth-order valence-electron chi connectivity index (χ4n) is 0.767. The molecule has 0 saturated heterocycles. The number of hydrogen-bond donors (Lipinski definition) is 0. The summed E-state index contributed by atoms with van der Waals surface area (Å²) in [6.07, 6.45) is 0. The van der Waals surface area contributed by atoms with E-state index in [-0.39, 0.29) is 6.61 Å². The van der Waals surface area contributed by atoms with Crippen LogP contribution in [0.1, 0.15) is 5.56 Å². The SMILES string of the molecule is O=P(OCl)(OCl)OOCc1ccccc1. The molecule has 0 bridgehead atoms. The van der Waals surface area contributed by atoms with Crippen molar-refractivity contribution in [2.24, 2.45) is 0 Å². The maximum absolute atomic E-state index is 11.1. The summed E-state index contributed by atoms with van der Waals surface area (Å²) in [6.45, 7) is 0.0608. The minimum atomic E-state index is -4.01. The van der Waals surface area contributed by atoms with E-state index in [9.17, 15) is 4.57 Å². The molecule has 0 heterocycles. The fraction of sp³-hybridized carbons (Fsp3) is 0.143. The van der Waals surface area contributed by atoms with Crippen molar-refractivity contribution >= 4 is 31.6 Å². The van der Waals surface area contributed by atoms with Crippen molar-refractivity contribution in [3.05, 3.63) is 35.9 Å². The first kappa shape index (κ1) is 12.9. The number of hydrogen-bond acceptors (Lipinski definition) is 5. The van der Waals surface area contributed by atoms with Crippen LogP contribution in [-0.4, -0.2) is 0 Å². The Morgan fingerprint density at radius 3 is 2.27 bits per heavy atom. The van der Waals surface area contributed by atoms with Crippen LogP contribution in [0.4, 0.5) is 0 Å². The van der Waals surface area contributed by atoms with E-state index in [4.69, 9.17) is 23.7 Å². The minimum absolute atomic E-state index is 0.0608. The van der Waals surface area contributed by atoms with E-state index in [1.54, 1.807) is 12.1 Å². The van der Waals surface area contributed by atoms with Gasteiger partial charge in [-0.15, -0.1) is 4.67 Å². The van der Waals surface area contributed by atoms with E-state index in [1.165, 1.54) is 0 Å². The van der Waals surface area contributed by atoms with Crippen LogP contribution in [-0.2, 0) is 28.9 Å². The zero-order valence-electron chi connectivity index (χ0n) is 7.34. The van der Waals surface area contributed by atoms with E-state index in [0.29, 0.717) is 0 Å². The van der Waals surface area contributed by atoms with E-state index in [2.05, 4.69) is 17.7 Å². The molecule has 1 aromatic carbocycles. The largest absolute Gasteiger partial charge is 0.535 e. The van der Waals surface area contributed by atoms with Gasteiger partial charge in [-0.1, -0.05) is 30.3 Å². The average molecular weight is 273 g/mol. The molecule has 1 aromatic rings. The first-order valence-electron chi connectivity index (χ1n) is 3.76. The lowest BCUT2D eigenvalue weighted by Crippen LogP contribution is -1.94. The zero-order valence-corrected chi connectivity index (χ0v) is 9.74. The summed E-state index contributed by atoms with van der Waals surface area (Å²) in [5.41, 5.74) is 0.813. The summed E-state index contributed by atoms with van der Waals surface area (Å²) in [7, 11) is -4.01. The normalized spacial score (nSPS) is 11.6. The van der Waals surface area contributed by atoms with Crippen molar-refractivity contribution in [3.63, 3.8) is 0 Å². The average Bonchev–Trinajstić information content (AvgIpc) is 2.30. The van der Waals surface area contributed by atoms with Crippen LogP contribution in [0.15, 0.2) is 30.3 Å². The first-order valence-corrected chi connectivity index (χ1v) is 5.84. The molecular weight excluding hydrogens is 266 g/mol. The highest BCUT2D eigenvalue weighted by Gasteiger charge is 2.28. The molecule has 0 aromatic heterocycles. The molecule has 0 fully saturated rings. The molecule has 0 aliphatic carbocycles. The quantitative estimate of drug-likeness (QED) is 0.450. The lowest BCUT2D eigenvalue weighted by atomic mass is 10.2. The molecular formula is C7H7Cl2O5P. The van der Waals surface area contributed by atoms with Gasteiger partial charge in [-0.05, 0) is 5.56 Å². The Morgan fingerprint density at radius 2 is 1.73 bits per heavy atom. The Balaban J connectivity index is 2.36. The molecule has 0 atom stereocenters.